The van der Waals surface area contributed by atoms with Crippen LogP contribution in [0.3, 0.4) is 0 Å². The van der Waals surface area contributed by atoms with E-state index in [-0.39, 0.29) is 5.91 Å². The van der Waals surface area contributed by atoms with Crippen molar-refractivity contribution in [3.63, 3.8) is 0 Å². The van der Waals surface area contributed by atoms with Crippen LogP contribution in [0.1, 0.15) is 53.3 Å². The largest absolute Gasteiger partial charge is 0.392 e. The monoisotopic (exact) mass is 356 g/mol. The molecule has 2 aliphatic rings. The van der Waals surface area contributed by atoms with Crippen molar-refractivity contribution in [1.29, 1.82) is 0 Å². The minimum absolute atomic E-state index is 0.0378. The molecular formula is C18H24N6O2. The normalized spacial score (nSPS) is 18.2. The van der Waals surface area contributed by atoms with Crippen LogP contribution in [0.2, 0.25) is 0 Å². The van der Waals surface area contributed by atoms with Gasteiger partial charge in [0.1, 0.15) is 17.3 Å². The molecule has 1 fully saturated rings. The van der Waals surface area contributed by atoms with Crippen LogP contribution >= 0.6 is 0 Å². The van der Waals surface area contributed by atoms with Gasteiger partial charge in [-0.1, -0.05) is 0 Å². The number of nitrogens with zero attached hydrogens (tertiary/aromatic N) is 4. The van der Waals surface area contributed by atoms with Crippen molar-refractivity contribution >= 4 is 11.7 Å². The summed E-state index contributed by atoms with van der Waals surface area (Å²) >= 11 is 0. The maximum atomic E-state index is 12.6. The zero-order chi connectivity index (χ0) is 18.1. The number of anilines is 1. The van der Waals surface area contributed by atoms with Gasteiger partial charge in [0.15, 0.2) is 0 Å². The molecule has 1 atom stereocenters. The van der Waals surface area contributed by atoms with Crippen LogP contribution in [0.5, 0.6) is 0 Å². The summed E-state index contributed by atoms with van der Waals surface area (Å²) in [7, 11) is 0. The van der Waals surface area contributed by atoms with E-state index in [1.54, 1.807) is 19.2 Å². The molecule has 1 amide bonds. The summed E-state index contributed by atoms with van der Waals surface area (Å²) in [4.78, 5) is 24.0. The Balaban J connectivity index is 1.57. The summed E-state index contributed by atoms with van der Waals surface area (Å²) in [6.45, 7) is 3.44. The Morgan fingerprint density at radius 3 is 2.88 bits per heavy atom. The number of rotatable bonds is 5. The standard InChI is InChI=1S/C18H24N6O2/c1-11(25)10-19-17-13-5-8-24(18(26)15-4-7-20-23-15)9-6-14(13)21-16(22-17)12-2-3-12/h4,7,11-12,25H,2-3,5-6,8-10H2,1H3,(H,20,23)(H,19,21,22)/t11-/m1/s1. The SMILES string of the molecule is C[C@@H](O)CNc1nc(C2CC2)nc2c1CCN(C(=O)c1ccn[nH]1)CC2. The number of H-pyrrole nitrogens is 1. The number of amides is 1. The van der Waals surface area contributed by atoms with Gasteiger partial charge in [0.2, 0.25) is 0 Å². The first kappa shape index (κ1) is 17.0. The molecule has 0 bridgehead atoms. The first-order valence-electron chi connectivity index (χ1n) is 9.22. The minimum atomic E-state index is -0.450. The van der Waals surface area contributed by atoms with Gasteiger partial charge in [0.05, 0.1) is 11.8 Å². The van der Waals surface area contributed by atoms with E-state index in [2.05, 4.69) is 15.5 Å². The molecule has 1 saturated carbocycles. The summed E-state index contributed by atoms with van der Waals surface area (Å²) in [5, 5.41) is 19.5. The van der Waals surface area contributed by atoms with Crippen molar-refractivity contribution in [3.05, 3.63) is 35.0 Å². The molecule has 8 heteroatoms. The van der Waals surface area contributed by atoms with E-state index in [9.17, 15) is 9.90 Å². The molecule has 26 heavy (non-hydrogen) atoms. The molecule has 0 unspecified atom stereocenters. The average Bonchev–Trinajstić information content (AvgIpc) is 3.38. The van der Waals surface area contributed by atoms with Crippen molar-refractivity contribution in [3.8, 4) is 0 Å². The van der Waals surface area contributed by atoms with Gasteiger partial charge in [0, 0.05) is 43.7 Å². The minimum Gasteiger partial charge on any atom is -0.392 e. The fraction of sp³-hybridized carbons (Fsp3) is 0.556. The van der Waals surface area contributed by atoms with Crippen molar-refractivity contribution < 1.29 is 9.90 Å². The first-order chi connectivity index (χ1) is 12.6. The Labute approximate surface area is 152 Å². The molecule has 0 spiro atoms. The van der Waals surface area contributed by atoms with Crippen molar-refractivity contribution in [2.24, 2.45) is 0 Å². The highest BCUT2D eigenvalue weighted by molar-refractivity contribution is 5.92. The molecule has 1 aliphatic carbocycles. The molecule has 0 saturated heterocycles. The van der Waals surface area contributed by atoms with Gasteiger partial charge in [-0.3, -0.25) is 9.89 Å². The molecule has 0 radical (unpaired) electrons. The predicted molar refractivity (Wildman–Crippen MR) is 96.1 cm³/mol. The molecule has 138 valence electrons. The van der Waals surface area contributed by atoms with Crippen LogP contribution in [-0.4, -0.2) is 61.8 Å². The zero-order valence-electron chi connectivity index (χ0n) is 14.9. The second kappa shape index (κ2) is 7.03. The molecular weight excluding hydrogens is 332 g/mol. The Hall–Kier alpha value is -2.48. The van der Waals surface area contributed by atoms with Gasteiger partial charge in [-0.2, -0.15) is 5.10 Å². The van der Waals surface area contributed by atoms with E-state index >= 15 is 0 Å². The summed E-state index contributed by atoms with van der Waals surface area (Å²) in [6.07, 6.45) is 4.82. The number of hydrogen-bond donors (Lipinski definition) is 3. The lowest BCUT2D eigenvalue weighted by molar-refractivity contribution is 0.0757. The van der Waals surface area contributed by atoms with Crippen LogP contribution in [0.4, 0.5) is 5.82 Å². The Kier molecular flexibility index (Phi) is 4.58. The van der Waals surface area contributed by atoms with Gasteiger partial charge >= 0.3 is 0 Å². The first-order valence-corrected chi connectivity index (χ1v) is 9.22. The smallest absolute Gasteiger partial charge is 0.271 e. The number of aliphatic hydroxyl groups is 1. The Morgan fingerprint density at radius 2 is 2.19 bits per heavy atom. The third-order valence-electron chi connectivity index (χ3n) is 4.89. The maximum Gasteiger partial charge on any atom is 0.271 e. The maximum absolute atomic E-state index is 12.6. The number of carbonyl (C=O) groups excluding carboxylic acids is 1. The predicted octanol–water partition coefficient (Wildman–Crippen LogP) is 1.11. The molecule has 8 nitrogen and oxygen atoms in total. The Morgan fingerprint density at radius 1 is 1.38 bits per heavy atom. The fourth-order valence-electron chi connectivity index (χ4n) is 3.28. The van der Waals surface area contributed by atoms with E-state index in [1.165, 1.54) is 0 Å². The van der Waals surface area contributed by atoms with Crippen molar-refractivity contribution in [2.75, 3.05) is 25.0 Å². The second-order valence-electron chi connectivity index (χ2n) is 7.12. The topological polar surface area (TPSA) is 107 Å². The highest BCUT2D eigenvalue weighted by atomic mass is 16.3. The zero-order valence-corrected chi connectivity index (χ0v) is 14.9. The van der Waals surface area contributed by atoms with E-state index in [0.717, 1.165) is 35.7 Å². The third-order valence-corrected chi connectivity index (χ3v) is 4.89. The lowest BCUT2D eigenvalue weighted by Crippen LogP contribution is -2.33. The van der Waals surface area contributed by atoms with Crippen LogP contribution in [0.25, 0.3) is 0 Å². The Bertz CT molecular complexity index is 785. The van der Waals surface area contributed by atoms with Gasteiger partial charge in [0.25, 0.3) is 5.91 Å². The summed E-state index contributed by atoms with van der Waals surface area (Å²) < 4.78 is 0. The van der Waals surface area contributed by atoms with Gasteiger partial charge in [-0.05, 0) is 32.3 Å². The third kappa shape index (κ3) is 3.55. The van der Waals surface area contributed by atoms with E-state index in [0.29, 0.717) is 44.1 Å². The number of nitrogens with one attached hydrogen (secondary N) is 2. The van der Waals surface area contributed by atoms with Crippen molar-refractivity contribution in [2.45, 2.75) is 44.6 Å². The highest BCUT2D eigenvalue weighted by Crippen LogP contribution is 2.39. The van der Waals surface area contributed by atoms with E-state index in [1.807, 2.05) is 4.90 Å². The van der Waals surface area contributed by atoms with Crippen LogP contribution < -0.4 is 5.32 Å². The van der Waals surface area contributed by atoms with E-state index in [4.69, 9.17) is 9.97 Å². The number of carbonyl (C=O) groups is 1. The molecule has 1 aliphatic heterocycles. The second-order valence-corrected chi connectivity index (χ2v) is 7.12. The fourth-order valence-corrected chi connectivity index (χ4v) is 3.28. The van der Waals surface area contributed by atoms with Gasteiger partial charge in [-0.25, -0.2) is 9.97 Å². The van der Waals surface area contributed by atoms with Crippen molar-refractivity contribution in [1.82, 2.24) is 25.1 Å². The van der Waals surface area contributed by atoms with Crippen LogP contribution in [-0.2, 0) is 12.8 Å². The molecule has 3 heterocycles. The number of aromatic nitrogens is 4. The summed E-state index contributed by atoms with van der Waals surface area (Å²) in [5.41, 5.74) is 2.60. The number of aromatic amines is 1. The molecule has 3 N–H and O–H groups in total. The summed E-state index contributed by atoms with van der Waals surface area (Å²) in [5.74, 6) is 2.13. The lowest BCUT2D eigenvalue weighted by atomic mass is 10.1. The molecule has 4 rings (SSSR count). The van der Waals surface area contributed by atoms with E-state index < -0.39 is 6.10 Å². The lowest BCUT2D eigenvalue weighted by Gasteiger charge is -2.19. The molecule has 2 aromatic rings. The molecule has 0 aromatic carbocycles. The average molecular weight is 356 g/mol. The van der Waals surface area contributed by atoms with Crippen LogP contribution in [0.15, 0.2) is 12.3 Å². The highest BCUT2D eigenvalue weighted by Gasteiger charge is 2.30. The summed E-state index contributed by atoms with van der Waals surface area (Å²) in [6, 6.07) is 1.70. The molecule has 2 aromatic heterocycles. The number of hydrogen-bond acceptors (Lipinski definition) is 6. The number of aliphatic hydroxyl groups excluding tert-OH is 1. The van der Waals surface area contributed by atoms with Crippen LogP contribution in [0, 0.1) is 0 Å². The van der Waals surface area contributed by atoms with Gasteiger partial charge in [-0.15, -0.1) is 0 Å². The number of fused-ring (bicyclic) bond motifs is 1. The quantitative estimate of drug-likeness (QED) is 0.741. The van der Waals surface area contributed by atoms with Gasteiger partial charge < -0.3 is 15.3 Å².